The fourth-order valence-electron chi connectivity index (χ4n) is 1.64. The van der Waals surface area contributed by atoms with E-state index in [0.29, 0.717) is 12.2 Å². The van der Waals surface area contributed by atoms with Gasteiger partial charge in [-0.2, -0.15) is 5.10 Å². The van der Waals surface area contributed by atoms with Crippen molar-refractivity contribution in [3.05, 3.63) is 33.4 Å². The molecule has 2 rings (SSSR count). The highest BCUT2D eigenvalue weighted by atomic mass is 79.9. The summed E-state index contributed by atoms with van der Waals surface area (Å²) in [6.07, 6.45) is 2.21. The molecule has 0 amide bonds. The van der Waals surface area contributed by atoms with Gasteiger partial charge in [0.15, 0.2) is 0 Å². The third-order valence-electron chi connectivity index (χ3n) is 2.66. The maximum atomic E-state index is 12.4. The number of rotatable bonds is 4. The summed E-state index contributed by atoms with van der Waals surface area (Å²) in [5, 5.41) is 6.67. The van der Waals surface area contributed by atoms with Gasteiger partial charge in [-0.25, -0.2) is 8.42 Å². The SMILES string of the molecule is CCc1cn[nH]c1NS(=O)(=O)c1cc(Cl)cc(N)c1Br. The number of aromatic nitrogens is 2. The second-order valence-corrected chi connectivity index (χ2v) is 6.92. The van der Waals surface area contributed by atoms with Crippen LogP contribution < -0.4 is 10.5 Å². The van der Waals surface area contributed by atoms with Crippen LogP contribution in [0.2, 0.25) is 5.02 Å². The van der Waals surface area contributed by atoms with E-state index in [2.05, 4.69) is 30.8 Å². The van der Waals surface area contributed by atoms with Gasteiger partial charge in [-0.3, -0.25) is 9.82 Å². The van der Waals surface area contributed by atoms with Crippen LogP contribution in [0.4, 0.5) is 11.5 Å². The molecule has 2 aromatic rings. The molecule has 0 aliphatic carbocycles. The number of anilines is 2. The summed E-state index contributed by atoms with van der Waals surface area (Å²) in [6.45, 7) is 1.90. The minimum atomic E-state index is -3.82. The van der Waals surface area contributed by atoms with Crippen LogP contribution in [0.3, 0.4) is 0 Å². The summed E-state index contributed by atoms with van der Waals surface area (Å²) in [5.41, 5.74) is 6.72. The molecule has 1 aromatic carbocycles. The van der Waals surface area contributed by atoms with Gasteiger partial charge < -0.3 is 5.73 Å². The van der Waals surface area contributed by atoms with E-state index < -0.39 is 10.0 Å². The molecule has 0 spiro atoms. The molecule has 9 heteroatoms. The summed E-state index contributed by atoms with van der Waals surface area (Å²) in [6, 6.07) is 2.80. The van der Waals surface area contributed by atoms with E-state index in [1.165, 1.54) is 12.1 Å². The lowest BCUT2D eigenvalue weighted by molar-refractivity contribution is 0.600. The number of sulfonamides is 1. The van der Waals surface area contributed by atoms with Gasteiger partial charge in [-0.1, -0.05) is 18.5 Å². The third-order valence-corrected chi connectivity index (χ3v) is 5.40. The van der Waals surface area contributed by atoms with Crippen LogP contribution in [0.1, 0.15) is 12.5 Å². The molecular weight excluding hydrogens is 368 g/mol. The summed E-state index contributed by atoms with van der Waals surface area (Å²) >= 11 is 9.02. The highest BCUT2D eigenvalue weighted by Gasteiger charge is 2.22. The van der Waals surface area contributed by atoms with E-state index in [0.717, 1.165) is 5.56 Å². The number of nitrogens with one attached hydrogen (secondary N) is 2. The Morgan fingerprint density at radius 2 is 2.20 bits per heavy atom. The molecule has 20 heavy (non-hydrogen) atoms. The maximum absolute atomic E-state index is 12.4. The van der Waals surface area contributed by atoms with Crippen LogP contribution >= 0.6 is 27.5 Å². The summed E-state index contributed by atoms with van der Waals surface area (Å²) in [5.74, 6) is 0.331. The zero-order chi connectivity index (χ0) is 14.9. The summed E-state index contributed by atoms with van der Waals surface area (Å²) in [4.78, 5) is -0.0286. The fraction of sp³-hybridized carbons (Fsp3) is 0.182. The number of nitrogens with two attached hydrogens (primary N) is 1. The van der Waals surface area contributed by atoms with Crippen molar-refractivity contribution >= 4 is 49.1 Å². The van der Waals surface area contributed by atoms with Gasteiger partial charge in [0.1, 0.15) is 10.7 Å². The van der Waals surface area contributed by atoms with Gasteiger partial charge in [0.25, 0.3) is 10.0 Å². The van der Waals surface area contributed by atoms with Crippen LogP contribution in [0.5, 0.6) is 0 Å². The Hall–Kier alpha value is -1.25. The number of halogens is 2. The molecule has 0 saturated heterocycles. The molecule has 0 aliphatic rings. The van der Waals surface area contributed by atoms with Crippen molar-refractivity contribution in [2.45, 2.75) is 18.2 Å². The summed E-state index contributed by atoms with van der Waals surface area (Å²) in [7, 11) is -3.82. The highest BCUT2D eigenvalue weighted by Crippen LogP contribution is 2.32. The Morgan fingerprint density at radius 1 is 1.50 bits per heavy atom. The Bertz CT molecular complexity index is 745. The van der Waals surface area contributed by atoms with Gasteiger partial charge in [0.05, 0.1) is 10.7 Å². The number of benzene rings is 1. The molecule has 6 nitrogen and oxygen atoms in total. The molecule has 108 valence electrons. The number of aryl methyl sites for hydroxylation is 1. The minimum absolute atomic E-state index is 0.0286. The number of hydrogen-bond acceptors (Lipinski definition) is 4. The van der Waals surface area contributed by atoms with Crippen LogP contribution in [-0.4, -0.2) is 18.6 Å². The van der Waals surface area contributed by atoms with Crippen molar-refractivity contribution in [1.82, 2.24) is 10.2 Å². The van der Waals surface area contributed by atoms with Crippen molar-refractivity contribution in [1.29, 1.82) is 0 Å². The maximum Gasteiger partial charge on any atom is 0.264 e. The van der Waals surface area contributed by atoms with Crippen LogP contribution in [0, 0.1) is 0 Å². The Kier molecular flexibility index (Phi) is 4.26. The quantitative estimate of drug-likeness (QED) is 0.711. The van der Waals surface area contributed by atoms with Crippen molar-refractivity contribution in [2.24, 2.45) is 0 Å². The second kappa shape index (κ2) is 5.63. The fourth-order valence-corrected chi connectivity index (χ4v) is 3.99. The van der Waals surface area contributed by atoms with E-state index >= 15 is 0 Å². The third kappa shape index (κ3) is 2.92. The standard InChI is InChI=1S/C11H12BrClN4O2S/c1-2-6-5-15-16-11(6)17-20(18,19)9-4-7(13)3-8(14)10(9)12/h3-5H,2,14H2,1H3,(H2,15,16,17). The van der Waals surface area contributed by atoms with Crippen molar-refractivity contribution in [2.75, 3.05) is 10.5 Å². The Morgan fingerprint density at radius 3 is 2.85 bits per heavy atom. The number of nitrogen functional groups attached to an aromatic ring is 1. The Balaban J connectivity index is 2.46. The number of H-pyrrole nitrogens is 1. The first-order chi connectivity index (χ1) is 9.35. The Labute approximate surface area is 129 Å². The molecular formula is C11H12BrClN4O2S. The molecule has 0 aliphatic heterocycles. The van der Waals surface area contributed by atoms with Crippen LogP contribution in [0.25, 0.3) is 0 Å². The first-order valence-corrected chi connectivity index (χ1v) is 8.30. The first kappa shape index (κ1) is 15.1. The first-order valence-electron chi connectivity index (χ1n) is 5.64. The number of aromatic amines is 1. The lowest BCUT2D eigenvalue weighted by Crippen LogP contribution is -2.15. The van der Waals surface area contributed by atoms with E-state index in [9.17, 15) is 8.42 Å². The van der Waals surface area contributed by atoms with Gasteiger partial charge in [0.2, 0.25) is 0 Å². The predicted molar refractivity (Wildman–Crippen MR) is 82.3 cm³/mol. The predicted octanol–water partition coefficient (Wildman–Crippen LogP) is 2.77. The molecule has 0 saturated carbocycles. The molecule has 4 N–H and O–H groups in total. The van der Waals surface area contributed by atoms with E-state index in [-0.39, 0.29) is 20.1 Å². The normalized spacial score (nSPS) is 11.6. The van der Waals surface area contributed by atoms with E-state index in [1.54, 1.807) is 6.20 Å². The second-order valence-electron chi connectivity index (χ2n) is 4.04. The number of nitrogens with zero attached hydrogens (tertiary/aromatic N) is 1. The lowest BCUT2D eigenvalue weighted by atomic mass is 10.3. The topological polar surface area (TPSA) is 101 Å². The average Bonchev–Trinajstić information content (AvgIpc) is 2.80. The van der Waals surface area contributed by atoms with Crippen molar-refractivity contribution < 1.29 is 8.42 Å². The smallest absolute Gasteiger partial charge is 0.264 e. The van der Waals surface area contributed by atoms with Crippen LogP contribution in [-0.2, 0) is 16.4 Å². The van der Waals surface area contributed by atoms with Gasteiger partial charge in [-0.05, 0) is 34.5 Å². The van der Waals surface area contributed by atoms with Crippen molar-refractivity contribution in [3.8, 4) is 0 Å². The minimum Gasteiger partial charge on any atom is -0.398 e. The molecule has 0 unspecified atom stereocenters. The summed E-state index contributed by atoms with van der Waals surface area (Å²) < 4.78 is 27.5. The molecule has 0 bridgehead atoms. The zero-order valence-electron chi connectivity index (χ0n) is 10.4. The van der Waals surface area contributed by atoms with Gasteiger partial charge in [0, 0.05) is 16.3 Å². The monoisotopic (exact) mass is 378 g/mol. The molecule has 1 aromatic heterocycles. The van der Waals surface area contributed by atoms with E-state index in [4.69, 9.17) is 17.3 Å². The van der Waals surface area contributed by atoms with Crippen LogP contribution in [0.15, 0.2) is 27.7 Å². The average molecular weight is 380 g/mol. The molecule has 1 heterocycles. The van der Waals surface area contributed by atoms with Crippen molar-refractivity contribution in [3.63, 3.8) is 0 Å². The lowest BCUT2D eigenvalue weighted by Gasteiger charge is -2.11. The van der Waals surface area contributed by atoms with E-state index in [1.807, 2.05) is 6.92 Å². The molecule has 0 atom stereocenters. The largest absolute Gasteiger partial charge is 0.398 e. The zero-order valence-corrected chi connectivity index (χ0v) is 13.6. The number of hydrogen-bond donors (Lipinski definition) is 3. The van der Waals surface area contributed by atoms with Gasteiger partial charge in [-0.15, -0.1) is 0 Å². The highest BCUT2D eigenvalue weighted by molar-refractivity contribution is 9.10. The molecule has 0 fully saturated rings. The molecule has 0 radical (unpaired) electrons. The van der Waals surface area contributed by atoms with Gasteiger partial charge >= 0.3 is 0 Å².